The lowest BCUT2D eigenvalue weighted by molar-refractivity contribution is 0.247. The van der Waals surface area contributed by atoms with E-state index >= 15 is 0 Å². The van der Waals surface area contributed by atoms with Gasteiger partial charge in [0, 0.05) is 34.5 Å². The van der Waals surface area contributed by atoms with Gasteiger partial charge in [0.2, 0.25) is 5.84 Å². The van der Waals surface area contributed by atoms with E-state index in [0.717, 1.165) is 104 Å². The van der Waals surface area contributed by atoms with Crippen molar-refractivity contribution in [3.8, 4) is 0 Å². The monoisotopic (exact) mass is 742 g/mol. The highest BCUT2D eigenvalue weighted by molar-refractivity contribution is 6.31. The van der Waals surface area contributed by atoms with Crippen LogP contribution < -0.4 is 30.0 Å². The summed E-state index contributed by atoms with van der Waals surface area (Å²) >= 11 is 0. The standard InChI is InChI=1S/C47H52N9/c1-5-47-23-14-26-50-46(47)56(40-22-11-8-17-32(40)4)43(53-47)35-28-33(41-51-36-18-12-24-48-44(36)54(41)38-20-9-6-15-30(38)2)27-34(29-35)42-52-37-19-13-25-49-45(37)55(42)39-21-10-7-16-31(39)3/h6-11,15-17,20-22,24,27-29,36-37,45-46,49-50H,5,12-14,18-19,23,25-26H2,1-4H3/q+1. The number of aliphatic imine (C=N–C) groups is 3. The molecule has 0 amide bonds. The van der Waals surface area contributed by atoms with Crippen molar-refractivity contribution in [2.24, 2.45) is 15.0 Å². The first kappa shape index (κ1) is 35.1. The number of nitrogens with one attached hydrogen (secondary N) is 2. The highest BCUT2D eigenvalue weighted by atomic mass is 15.4. The maximum absolute atomic E-state index is 5.82. The van der Waals surface area contributed by atoms with Gasteiger partial charge in [0.05, 0.1) is 11.6 Å². The summed E-state index contributed by atoms with van der Waals surface area (Å²) in [5.74, 6) is 3.93. The van der Waals surface area contributed by atoms with Crippen molar-refractivity contribution in [2.45, 2.75) is 103 Å². The van der Waals surface area contributed by atoms with Gasteiger partial charge < -0.3 is 9.80 Å². The maximum atomic E-state index is 5.82. The Morgan fingerprint density at radius 2 is 1.32 bits per heavy atom. The van der Waals surface area contributed by atoms with Crippen LogP contribution in [-0.2, 0) is 0 Å². The Morgan fingerprint density at radius 1 is 0.696 bits per heavy atom. The SMILES string of the molecule is CCC12CCCNC1N(c1ccccc1C)C(c1cc(C3=NC4CCC=[N+]=C4N3c3ccccc3C)cc(C3=NC4CCCNC4N3c3ccccc3C)c1)=N2. The molecule has 0 bridgehead atoms. The maximum Gasteiger partial charge on any atom is 0.380 e. The molecule has 0 saturated carbocycles. The van der Waals surface area contributed by atoms with Crippen LogP contribution in [0.2, 0.25) is 0 Å². The number of nitrogens with zero attached hydrogens (tertiary/aromatic N) is 7. The predicted molar refractivity (Wildman–Crippen MR) is 232 cm³/mol. The lowest BCUT2D eigenvalue weighted by Gasteiger charge is -2.41. The van der Waals surface area contributed by atoms with E-state index < -0.39 is 0 Å². The number of hydrogen-bond acceptors (Lipinski definition) is 8. The molecule has 4 aromatic carbocycles. The zero-order chi connectivity index (χ0) is 38.0. The molecule has 2 N–H and O–H groups in total. The molecule has 6 heterocycles. The normalized spacial score (nSPS) is 26.7. The first-order valence-electron chi connectivity index (χ1n) is 20.8. The predicted octanol–water partition coefficient (Wildman–Crippen LogP) is 7.05. The molecule has 2 saturated heterocycles. The van der Waals surface area contributed by atoms with Crippen molar-refractivity contribution < 1.29 is 0 Å². The van der Waals surface area contributed by atoms with E-state index in [4.69, 9.17) is 19.6 Å². The molecular formula is C47H52N9+. The Kier molecular flexibility index (Phi) is 8.77. The average Bonchev–Trinajstić information content (AvgIpc) is 3.92. The van der Waals surface area contributed by atoms with Crippen molar-refractivity contribution in [2.75, 3.05) is 27.8 Å². The molecule has 9 heteroatoms. The minimum absolute atomic E-state index is 0.00351. The lowest BCUT2D eigenvalue weighted by Crippen LogP contribution is -2.59. The molecular weight excluding hydrogens is 691 g/mol. The summed E-state index contributed by atoms with van der Waals surface area (Å²) in [5.41, 5.74) is 10.1. The van der Waals surface area contributed by atoms with Crippen molar-refractivity contribution in [3.05, 3.63) is 124 Å². The summed E-state index contributed by atoms with van der Waals surface area (Å²) in [4.78, 5) is 24.3. The van der Waals surface area contributed by atoms with Gasteiger partial charge in [0.15, 0.2) is 12.3 Å². The second kappa shape index (κ2) is 14.0. The summed E-state index contributed by atoms with van der Waals surface area (Å²) in [6, 6.07) is 33.3. The van der Waals surface area contributed by atoms with Gasteiger partial charge in [-0.25, -0.2) is 9.66 Å². The molecule has 0 spiro atoms. The van der Waals surface area contributed by atoms with E-state index in [1.54, 1.807) is 0 Å². The average molecular weight is 743 g/mol. The molecule has 6 aliphatic heterocycles. The Bertz CT molecular complexity index is 2370. The van der Waals surface area contributed by atoms with Gasteiger partial charge in [0.25, 0.3) is 0 Å². The number of amidine groups is 4. The fraction of sp³-hybridized carbons (Fsp3) is 0.383. The van der Waals surface area contributed by atoms with Crippen LogP contribution in [0.5, 0.6) is 0 Å². The number of anilines is 3. The number of rotatable bonds is 7. The molecule has 5 atom stereocenters. The Labute approximate surface area is 330 Å². The number of hydrogen-bond donors (Lipinski definition) is 2. The first-order valence-corrected chi connectivity index (χ1v) is 20.8. The summed E-state index contributed by atoms with van der Waals surface area (Å²) in [7, 11) is 0. The fourth-order valence-electron chi connectivity index (χ4n) is 9.97. The number of fused-ring (bicyclic) bond motifs is 3. The van der Waals surface area contributed by atoms with Crippen LogP contribution >= 0.6 is 0 Å². The highest BCUT2D eigenvalue weighted by Crippen LogP contribution is 2.43. The van der Waals surface area contributed by atoms with Crippen LogP contribution in [0, 0.1) is 20.8 Å². The van der Waals surface area contributed by atoms with Crippen LogP contribution in [0.4, 0.5) is 17.1 Å². The van der Waals surface area contributed by atoms with Crippen molar-refractivity contribution in [1.29, 1.82) is 0 Å². The molecule has 0 radical (unpaired) electrons. The molecule has 0 aliphatic carbocycles. The minimum Gasteiger partial charge on any atom is -0.308 e. The van der Waals surface area contributed by atoms with Crippen molar-refractivity contribution in [1.82, 2.24) is 15.3 Å². The van der Waals surface area contributed by atoms with Crippen molar-refractivity contribution >= 4 is 46.6 Å². The van der Waals surface area contributed by atoms with Gasteiger partial charge in [-0.05, 0) is 125 Å². The van der Waals surface area contributed by atoms with Crippen LogP contribution in [0.25, 0.3) is 0 Å². The highest BCUT2D eigenvalue weighted by Gasteiger charge is 2.51. The van der Waals surface area contributed by atoms with Crippen LogP contribution in [0.15, 0.2) is 106 Å². The van der Waals surface area contributed by atoms with E-state index in [1.807, 2.05) is 0 Å². The largest absolute Gasteiger partial charge is 0.380 e. The Balaban J connectivity index is 1.22. The van der Waals surface area contributed by atoms with Gasteiger partial charge in [-0.1, -0.05) is 61.5 Å². The smallest absolute Gasteiger partial charge is 0.308 e. The summed E-state index contributed by atoms with van der Waals surface area (Å²) in [5, 5.41) is 7.81. The third kappa shape index (κ3) is 5.67. The fourth-order valence-corrected chi connectivity index (χ4v) is 9.97. The van der Waals surface area contributed by atoms with Crippen LogP contribution in [0.1, 0.15) is 85.3 Å². The molecule has 5 unspecified atom stereocenters. The molecule has 10 rings (SSSR count). The number of aryl methyl sites for hydroxylation is 3. The molecule has 4 aromatic rings. The Morgan fingerprint density at radius 3 is 2.02 bits per heavy atom. The molecule has 6 aliphatic rings. The third-order valence-corrected chi connectivity index (χ3v) is 12.9. The lowest BCUT2D eigenvalue weighted by atomic mass is 9.85. The summed E-state index contributed by atoms with van der Waals surface area (Å²) in [6.07, 6.45) is 9.36. The molecule has 56 heavy (non-hydrogen) atoms. The number of para-hydroxylation sites is 3. The third-order valence-electron chi connectivity index (χ3n) is 12.9. The molecule has 2 fully saturated rings. The van der Waals surface area contributed by atoms with Gasteiger partial charge in [-0.3, -0.25) is 20.6 Å². The van der Waals surface area contributed by atoms with Gasteiger partial charge >= 0.3 is 5.84 Å². The van der Waals surface area contributed by atoms with Gasteiger partial charge in [0.1, 0.15) is 29.7 Å². The Hall–Kier alpha value is -5.34. The van der Waals surface area contributed by atoms with E-state index in [-0.39, 0.29) is 30.0 Å². The minimum atomic E-state index is -0.236. The summed E-state index contributed by atoms with van der Waals surface area (Å²) in [6.45, 7) is 10.9. The molecule has 0 aromatic heterocycles. The van der Waals surface area contributed by atoms with Crippen LogP contribution in [0.3, 0.4) is 0 Å². The second-order valence-corrected chi connectivity index (χ2v) is 16.4. The van der Waals surface area contributed by atoms with E-state index in [2.05, 4.69) is 150 Å². The first-order chi connectivity index (χ1) is 27.4. The summed E-state index contributed by atoms with van der Waals surface area (Å²) < 4.78 is 5.03. The molecule has 284 valence electrons. The molecule has 9 nitrogen and oxygen atoms in total. The number of benzene rings is 4. The topological polar surface area (TPSA) is 85.0 Å². The second-order valence-electron chi connectivity index (χ2n) is 16.4. The quantitative estimate of drug-likeness (QED) is 0.199. The zero-order valence-corrected chi connectivity index (χ0v) is 33.0. The van der Waals surface area contributed by atoms with Gasteiger partial charge in [-0.15, -0.1) is 0 Å². The van der Waals surface area contributed by atoms with E-state index in [1.165, 1.54) is 28.1 Å². The van der Waals surface area contributed by atoms with E-state index in [9.17, 15) is 0 Å². The zero-order valence-electron chi connectivity index (χ0n) is 33.0. The number of piperidine rings is 2. The van der Waals surface area contributed by atoms with E-state index in [0.29, 0.717) is 0 Å². The van der Waals surface area contributed by atoms with Crippen molar-refractivity contribution in [3.63, 3.8) is 0 Å². The van der Waals surface area contributed by atoms with Gasteiger partial charge in [-0.2, -0.15) is 4.90 Å². The van der Waals surface area contributed by atoms with Crippen LogP contribution in [-0.4, -0.2) is 72.6 Å².